The van der Waals surface area contributed by atoms with Gasteiger partial charge in [0.05, 0.1) is 10.3 Å². The van der Waals surface area contributed by atoms with Crippen LogP contribution in [-0.4, -0.2) is 22.1 Å². The third kappa shape index (κ3) is 4.17. The molecule has 1 aromatic heterocycles. The quantitative estimate of drug-likeness (QED) is 0.634. The molecule has 2 amide bonds. The highest BCUT2D eigenvalue weighted by molar-refractivity contribution is 7.13. The topological polar surface area (TPSA) is 71.1 Å². The summed E-state index contributed by atoms with van der Waals surface area (Å²) in [6.07, 6.45) is 1.71. The number of carbonyl (C=O) groups excluding carboxylic acids is 2. The third-order valence-corrected chi connectivity index (χ3v) is 4.89. The van der Waals surface area contributed by atoms with Crippen molar-refractivity contribution in [1.29, 1.82) is 0 Å². The summed E-state index contributed by atoms with van der Waals surface area (Å²) in [5.41, 5.74) is 1.50. The third-order valence-electron chi connectivity index (χ3n) is 3.79. The summed E-state index contributed by atoms with van der Waals surface area (Å²) in [6.45, 7) is 0.261. The molecule has 0 saturated heterocycles. The number of nitrogens with zero attached hydrogens (tertiary/aromatic N) is 1. The molecule has 2 aromatic carbocycles. The molecule has 0 aliphatic rings. The first kappa shape index (κ1) is 18.3. The smallest absolute Gasteiger partial charge is 0.253 e. The van der Waals surface area contributed by atoms with Crippen LogP contribution in [0.4, 0.5) is 4.39 Å². The van der Waals surface area contributed by atoms with Crippen molar-refractivity contribution in [2.24, 2.45) is 0 Å². The molecule has 26 heavy (non-hydrogen) atoms. The number of alkyl halides is 1. The van der Waals surface area contributed by atoms with Crippen LogP contribution >= 0.6 is 23.1 Å². The van der Waals surface area contributed by atoms with E-state index in [1.165, 1.54) is 17.6 Å². The number of benzene rings is 2. The van der Waals surface area contributed by atoms with Gasteiger partial charge >= 0.3 is 0 Å². The average Bonchev–Trinajstić information content (AvgIpc) is 3.13. The van der Waals surface area contributed by atoms with E-state index in [1.807, 2.05) is 6.07 Å². The van der Waals surface area contributed by atoms with Crippen molar-refractivity contribution in [3.63, 3.8) is 0 Å². The van der Waals surface area contributed by atoms with Gasteiger partial charge in [-0.3, -0.25) is 9.59 Å². The summed E-state index contributed by atoms with van der Waals surface area (Å²) < 4.78 is 19.1. The van der Waals surface area contributed by atoms with E-state index >= 15 is 0 Å². The first-order chi connectivity index (χ1) is 12.6. The zero-order valence-corrected chi connectivity index (χ0v) is 15.2. The molecular weight excluding hydrogens is 377 g/mol. The number of nitrogens with one attached hydrogen (secondary N) is 2. The highest BCUT2D eigenvalue weighted by atomic mass is 35.5. The van der Waals surface area contributed by atoms with Gasteiger partial charge in [0.15, 0.2) is 0 Å². The zero-order valence-electron chi connectivity index (χ0n) is 13.6. The maximum absolute atomic E-state index is 14.2. The normalized spacial score (nSPS) is 10.7. The molecule has 0 unspecified atom stereocenters. The summed E-state index contributed by atoms with van der Waals surface area (Å²) in [5.74, 6) is -1.18. The minimum absolute atomic E-state index is 0.0637. The lowest BCUT2D eigenvalue weighted by Crippen LogP contribution is -2.24. The lowest BCUT2D eigenvalue weighted by Gasteiger charge is -2.09. The van der Waals surface area contributed by atoms with Crippen LogP contribution in [0.3, 0.4) is 0 Å². The Morgan fingerprint density at radius 3 is 2.77 bits per heavy atom. The second-order valence-electron chi connectivity index (χ2n) is 5.57. The number of fused-ring (bicyclic) bond motifs is 1. The van der Waals surface area contributed by atoms with E-state index in [1.54, 1.807) is 30.5 Å². The molecule has 0 saturated carbocycles. The predicted molar refractivity (Wildman–Crippen MR) is 99.8 cm³/mol. The van der Waals surface area contributed by atoms with Crippen LogP contribution in [0.25, 0.3) is 10.1 Å². The lowest BCUT2D eigenvalue weighted by molar-refractivity contribution is -0.118. The van der Waals surface area contributed by atoms with Gasteiger partial charge in [-0.15, -0.1) is 11.6 Å². The van der Waals surface area contributed by atoms with Crippen LogP contribution in [0.2, 0.25) is 0 Å². The molecule has 0 aliphatic heterocycles. The Hall–Kier alpha value is -2.51. The fourth-order valence-corrected chi connectivity index (χ4v) is 3.29. The highest BCUT2D eigenvalue weighted by Gasteiger charge is 2.12. The van der Waals surface area contributed by atoms with Gasteiger partial charge in [-0.25, -0.2) is 4.39 Å². The zero-order chi connectivity index (χ0) is 18.5. The molecule has 0 fully saturated rings. The molecule has 3 aromatic rings. The number of aromatic nitrogens is 1. The van der Waals surface area contributed by atoms with Gasteiger partial charge in [-0.2, -0.15) is 4.37 Å². The summed E-state index contributed by atoms with van der Waals surface area (Å²) in [7, 11) is 0. The molecule has 1 heterocycles. The maximum atomic E-state index is 14.2. The molecule has 134 valence electrons. The van der Waals surface area contributed by atoms with Gasteiger partial charge in [-0.05, 0) is 29.2 Å². The van der Waals surface area contributed by atoms with E-state index in [9.17, 15) is 14.0 Å². The van der Waals surface area contributed by atoms with Gasteiger partial charge in [0.2, 0.25) is 5.91 Å². The van der Waals surface area contributed by atoms with E-state index in [2.05, 4.69) is 15.0 Å². The molecule has 0 radical (unpaired) electrons. The van der Waals surface area contributed by atoms with E-state index in [4.69, 9.17) is 11.6 Å². The fourth-order valence-electron chi connectivity index (χ4n) is 2.44. The molecule has 3 rings (SSSR count). The Labute approximate surface area is 158 Å². The Kier molecular flexibility index (Phi) is 5.80. The molecular formula is C18H15ClFN3O2S. The van der Waals surface area contributed by atoms with Crippen molar-refractivity contribution in [2.45, 2.75) is 13.1 Å². The van der Waals surface area contributed by atoms with Gasteiger partial charge in [0.1, 0.15) is 11.7 Å². The van der Waals surface area contributed by atoms with Crippen molar-refractivity contribution in [3.8, 4) is 0 Å². The number of rotatable bonds is 6. The van der Waals surface area contributed by atoms with Crippen LogP contribution in [0.1, 0.15) is 21.5 Å². The Balaban J connectivity index is 1.65. The monoisotopic (exact) mass is 391 g/mol. The number of hydrogen-bond donors (Lipinski definition) is 2. The molecule has 0 aliphatic carbocycles. The van der Waals surface area contributed by atoms with Crippen LogP contribution in [0.15, 0.2) is 42.6 Å². The second-order valence-corrected chi connectivity index (χ2v) is 6.64. The van der Waals surface area contributed by atoms with Crippen molar-refractivity contribution in [2.75, 3.05) is 5.88 Å². The van der Waals surface area contributed by atoms with E-state index in [-0.39, 0.29) is 30.8 Å². The second kappa shape index (κ2) is 8.25. The van der Waals surface area contributed by atoms with Crippen molar-refractivity contribution in [3.05, 3.63) is 65.1 Å². The van der Waals surface area contributed by atoms with Crippen LogP contribution in [-0.2, 0) is 17.9 Å². The number of halogens is 2. The minimum Gasteiger partial charge on any atom is -0.351 e. The predicted octanol–water partition coefficient (Wildman–Crippen LogP) is 3.22. The maximum Gasteiger partial charge on any atom is 0.253 e. The Bertz CT molecular complexity index is 961. The summed E-state index contributed by atoms with van der Waals surface area (Å²) in [4.78, 5) is 23.5. The van der Waals surface area contributed by atoms with Crippen molar-refractivity contribution >= 4 is 45.0 Å². The van der Waals surface area contributed by atoms with E-state index in [0.717, 1.165) is 10.1 Å². The van der Waals surface area contributed by atoms with Crippen LogP contribution in [0.5, 0.6) is 0 Å². The largest absolute Gasteiger partial charge is 0.351 e. The molecule has 0 bridgehead atoms. The first-order valence-corrected chi connectivity index (χ1v) is 9.11. The molecule has 0 spiro atoms. The number of hydrogen-bond acceptors (Lipinski definition) is 4. The van der Waals surface area contributed by atoms with Gasteiger partial charge in [0.25, 0.3) is 5.91 Å². The average molecular weight is 392 g/mol. The van der Waals surface area contributed by atoms with Crippen LogP contribution in [0, 0.1) is 5.82 Å². The Morgan fingerprint density at radius 2 is 2.00 bits per heavy atom. The standard InChI is InChI=1S/C18H15ClFN3O2S/c19-7-16(24)21-8-11-4-5-12(15(20)6-11)9-22-18(25)14-3-1-2-13-10-23-26-17(13)14/h1-6,10H,7-9H2,(H,21,24)(H,22,25). The molecule has 2 N–H and O–H groups in total. The summed E-state index contributed by atoms with van der Waals surface area (Å²) >= 11 is 6.65. The number of amides is 2. The first-order valence-electron chi connectivity index (χ1n) is 7.80. The SMILES string of the molecule is O=C(CCl)NCc1ccc(CNC(=O)c2cccc3cnsc23)c(F)c1. The molecule has 8 heteroatoms. The van der Waals surface area contributed by atoms with Crippen molar-refractivity contribution < 1.29 is 14.0 Å². The lowest BCUT2D eigenvalue weighted by atomic mass is 10.1. The minimum atomic E-state index is -0.445. The highest BCUT2D eigenvalue weighted by Crippen LogP contribution is 2.22. The fraction of sp³-hybridized carbons (Fsp3) is 0.167. The summed E-state index contributed by atoms with van der Waals surface area (Å²) in [5, 5.41) is 6.20. The molecule has 0 atom stereocenters. The van der Waals surface area contributed by atoms with Crippen molar-refractivity contribution in [1.82, 2.24) is 15.0 Å². The molecule has 5 nitrogen and oxygen atoms in total. The van der Waals surface area contributed by atoms with Gasteiger partial charge < -0.3 is 10.6 Å². The number of carbonyl (C=O) groups is 2. The van der Waals surface area contributed by atoms with Gasteiger partial charge in [0, 0.05) is 30.2 Å². The van der Waals surface area contributed by atoms with Crippen LogP contribution < -0.4 is 10.6 Å². The summed E-state index contributed by atoms with van der Waals surface area (Å²) in [6, 6.07) is 10.0. The van der Waals surface area contributed by atoms with E-state index < -0.39 is 5.82 Å². The Morgan fingerprint density at radius 1 is 1.15 bits per heavy atom. The van der Waals surface area contributed by atoms with Gasteiger partial charge in [-0.1, -0.05) is 24.3 Å². The van der Waals surface area contributed by atoms with E-state index in [0.29, 0.717) is 16.7 Å².